The van der Waals surface area contributed by atoms with Gasteiger partial charge in [0.15, 0.2) is 0 Å². The number of benzene rings is 2. The number of methoxy groups -OCH3 is 1. The molecule has 0 saturated heterocycles. The summed E-state index contributed by atoms with van der Waals surface area (Å²) in [5.41, 5.74) is 6.95. The van der Waals surface area contributed by atoms with Crippen LogP contribution in [0, 0.1) is 6.92 Å². The predicted molar refractivity (Wildman–Crippen MR) is 92.7 cm³/mol. The van der Waals surface area contributed by atoms with Crippen molar-refractivity contribution in [1.82, 2.24) is 9.97 Å². The number of hydrogen-bond acceptors (Lipinski definition) is 4. The van der Waals surface area contributed by atoms with E-state index in [-0.39, 0.29) is 0 Å². The van der Waals surface area contributed by atoms with Gasteiger partial charge in [0, 0.05) is 0 Å². The van der Waals surface area contributed by atoms with Gasteiger partial charge in [-0.05, 0) is 64.3 Å². The van der Waals surface area contributed by atoms with Crippen LogP contribution in [0.1, 0.15) is 11.1 Å². The molecule has 0 spiro atoms. The third-order valence-electron chi connectivity index (χ3n) is 3.20. The zero-order valence-electron chi connectivity index (χ0n) is 12.2. The fourth-order valence-corrected chi connectivity index (χ4v) is 2.67. The topological polar surface area (TPSA) is 62.3 Å². The number of hydrogen-bond donors (Lipinski definition) is 2. The van der Waals surface area contributed by atoms with Crippen LogP contribution in [0.15, 0.2) is 46.0 Å². The zero-order chi connectivity index (χ0) is 15.5. The molecule has 22 heavy (non-hydrogen) atoms. The van der Waals surface area contributed by atoms with Gasteiger partial charge in [-0.3, -0.25) is 0 Å². The average Bonchev–Trinajstić information content (AvgIpc) is 2.89. The second-order valence-corrected chi connectivity index (χ2v) is 5.72. The van der Waals surface area contributed by atoms with Crippen molar-refractivity contribution < 1.29 is 4.74 Å². The second-order valence-electron chi connectivity index (χ2n) is 4.87. The molecule has 0 fully saturated rings. The molecule has 0 bridgehead atoms. The quantitative estimate of drug-likeness (QED) is 0.545. The molecule has 0 unspecified atom stereocenters. The van der Waals surface area contributed by atoms with Gasteiger partial charge in [0.05, 0.1) is 28.8 Å². The Bertz CT molecular complexity index is 841. The van der Waals surface area contributed by atoms with Crippen molar-refractivity contribution in [3.05, 3.63) is 52.0 Å². The Hall–Kier alpha value is -2.34. The Morgan fingerprint density at radius 1 is 1.27 bits per heavy atom. The molecule has 0 aliphatic rings. The van der Waals surface area contributed by atoms with Crippen molar-refractivity contribution in [3.63, 3.8) is 0 Å². The molecule has 2 aromatic carbocycles. The number of imidazole rings is 1. The number of anilines is 1. The van der Waals surface area contributed by atoms with Crippen LogP contribution in [0.3, 0.4) is 0 Å². The molecule has 1 aromatic heterocycles. The lowest BCUT2D eigenvalue weighted by Crippen LogP contribution is -1.93. The fraction of sp³-hybridized carbons (Fsp3) is 0.125. The minimum absolute atomic E-state index is 0.615. The van der Waals surface area contributed by atoms with E-state index in [0.29, 0.717) is 5.95 Å². The van der Waals surface area contributed by atoms with E-state index in [4.69, 9.17) is 4.74 Å². The standard InChI is InChI=1S/C16H15BrN4O/c1-10-3-5-13-14(7-10)20-16(19-13)21-18-9-11-4-6-15(22-2)12(17)8-11/h3-9H,1-2H3,(H2,19,20,21)/b18-9-. The normalized spacial score (nSPS) is 11.2. The van der Waals surface area contributed by atoms with Gasteiger partial charge in [-0.2, -0.15) is 5.10 Å². The number of aryl methyl sites for hydroxylation is 1. The Kier molecular flexibility index (Phi) is 4.11. The van der Waals surface area contributed by atoms with Gasteiger partial charge in [-0.25, -0.2) is 10.4 Å². The molecule has 0 aliphatic heterocycles. The summed E-state index contributed by atoms with van der Waals surface area (Å²) in [5.74, 6) is 1.40. The van der Waals surface area contributed by atoms with Crippen molar-refractivity contribution >= 4 is 39.1 Å². The summed E-state index contributed by atoms with van der Waals surface area (Å²) in [6, 6.07) is 11.8. The molecule has 3 rings (SSSR count). The van der Waals surface area contributed by atoms with Gasteiger partial charge in [0.25, 0.3) is 0 Å². The summed E-state index contributed by atoms with van der Waals surface area (Å²) in [7, 11) is 1.64. The second kappa shape index (κ2) is 6.19. The zero-order valence-corrected chi connectivity index (χ0v) is 13.8. The highest BCUT2D eigenvalue weighted by Crippen LogP contribution is 2.24. The largest absolute Gasteiger partial charge is 0.496 e. The van der Waals surface area contributed by atoms with Crippen molar-refractivity contribution in [2.24, 2.45) is 5.10 Å². The molecule has 0 amide bonds. The number of aromatic nitrogens is 2. The predicted octanol–water partition coefficient (Wildman–Crippen LogP) is 4.09. The molecule has 2 N–H and O–H groups in total. The first-order valence-corrected chi connectivity index (χ1v) is 7.54. The highest BCUT2D eigenvalue weighted by atomic mass is 79.9. The van der Waals surface area contributed by atoms with Gasteiger partial charge in [-0.1, -0.05) is 6.07 Å². The fourth-order valence-electron chi connectivity index (χ4n) is 2.11. The average molecular weight is 359 g/mol. The van der Waals surface area contributed by atoms with E-state index in [9.17, 15) is 0 Å². The van der Waals surface area contributed by atoms with Crippen molar-refractivity contribution in [2.45, 2.75) is 6.92 Å². The Labute approximate surface area is 136 Å². The Morgan fingerprint density at radius 3 is 2.91 bits per heavy atom. The maximum atomic E-state index is 5.20. The minimum Gasteiger partial charge on any atom is -0.496 e. The lowest BCUT2D eigenvalue weighted by molar-refractivity contribution is 0.412. The number of hydrazone groups is 1. The lowest BCUT2D eigenvalue weighted by Gasteiger charge is -2.03. The van der Waals surface area contributed by atoms with Crippen molar-refractivity contribution in [1.29, 1.82) is 0 Å². The maximum Gasteiger partial charge on any atom is 0.222 e. The highest BCUT2D eigenvalue weighted by Gasteiger charge is 2.02. The molecule has 0 radical (unpaired) electrons. The Morgan fingerprint density at radius 2 is 2.14 bits per heavy atom. The van der Waals surface area contributed by atoms with E-state index >= 15 is 0 Å². The summed E-state index contributed by atoms with van der Waals surface area (Å²) >= 11 is 3.45. The molecule has 3 aromatic rings. The number of nitrogens with zero attached hydrogens (tertiary/aromatic N) is 2. The number of rotatable bonds is 4. The van der Waals surface area contributed by atoms with Gasteiger partial charge >= 0.3 is 0 Å². The van der Waals surface area contributed by atoms with E-state index in [0.717, 1.165) is 26.8 Å². The number of ether oxygens (including phenoxy) is 1. The Balaban J connectivity index is 1.74. The summed E-state index contributed by atoms with van der Waals surface area (Å²) in [4.78, 5) is 7.61. The summed E-state index contributed by atoms with van der Waals surface area (Å²) in [6.07, 6.45) is 1.72. The van der Waals surface area contributed by atoms with E-state index in [1.54, 1.807) is 13.3 Å². The number of H-pyrrole nitrogens is 1. The smallest absolute Gasteiger partial charge is 0.222 e. The molecule has 0 aliphatic carbocycles. The van der Waals surface area contributed by atoms with E-state index in [1.807, 2.05) is 37.3 Å². The number of aromatic amines is 1. The van der Waals surface area contributed by atoms with Gasteiger partial charge in [0.1, 0.15) is 5.75 Å². The lowest BCUT2D eigenvalue weighted by atomic mass is 10.2. The molecule has 0 saturated carbocycles. The van der Waals surface area contributed by atoms with E-state index < -0.39 is 0 Å². The van der Waals surface area contributed by atoms with Crippen LogP contribution >= 0.6 is 15.9 Å². The van der Waals surface area contributed by atoms with Gasteiger partial charge in [-0.15, -0.1) is 0 Å². The van der Waals surface area contributed by atoms with Crippen LogP contribution in [-0.4, -0.2) is 23.3 Å². The van der Waals surface area contributed by atoms with Crippen LogP contribution in [-0.2, 0) is 0 Å². The molecule has 0 atom stereocenters. The summed E-state index contributed by atoms with van der Waals surface area (Å²) in [6.45, 7) is 2.05. The van der Waals surface area contributed by atoms with Crippen LogP contribution < -0.4 is 10.2 Å². The third-order valence-corrected chi connectivity index (χ3v) is 3.82. The van der Waals surface area contributed by atoms with E-state index in [2.05, 4.69) is 42.5 Å². The molecular weight excluding hydrogens is 344 g/mol. The first-order valence-electron chi connectivity index (χ1n) is 6.75. The van der Waals surface area contributed by atoms with Gasteiger partial charge < -0.3 is 9.72 Å². The third kappa shape index (κ3) is 3.12. The van der Waals surface area contributed by atoms with Crippen LogP contribution in [0.2, 0.25) is 0 Å². The monoisotopic (exact) mass is 358 g/mol. The van der Waals surface area contributed by atoms with Crippen molar-refractivity contribution in [3.8, 4) is 5.75 Å². The maximum absolute atomic E-state index is 5.20. The first-order chi connectivity index (χ1) is 10.7. The number of halogens is 1. The molecule has 1 heterocycles. The molecule has 112 valence electrons. The molecule has 6 heteroatoms. The highest BCUT2D eigenvalue weighted by molar-refractivity contribution is 9.10. The summed E-state index contributed by atoms with van der Waals surface area (Å²) in [5, 5.41) is 4.20. The van der Waals surface area contributed by atoms with Gasteiger partial charge in [0.2, 0.25) is 5.95 Å². The molecular formula is C16H15BrN4O. The van der Waals surface area contributed by atoms with Crippen molar-refractivity contribution in [2.75, 3.05) is 12.5 Å². The summed E-state index contributed by atoms with van der Waals surface area (Å²) < 4.78 is 6.08. The van der Waals surface area contributed by atoms with E-state index in [1.165, 1.54) is 5.56 Å². The SMILES string of the molecule is COc1ccc(/C=N\Nc2nc3ccc(C)cc3[nH]2)cc1Br. The first kappa shape index (κ1) is 14.6. The van der Waals surface area contributed by atoms with Crippen LogP contribution in [0.25, 0.3) is 11.0 Å². The van der Waals surface area contributed by atoms with Crippen LogP contribution in [0.4, 0.5) is 5.95 Å². The van der Waals surface area contributed by atoms with Crippen LogP contribution in [0.5, 0.6) is 5.75 Å². The number of nitrogens with one attached hydrogen (secondary N) is 2. The molecule has 5 nitrogen and oxygen atoms in total. The minimum atomic E-state index is 0.615. The number of fused-ring (bicyclic) bond motifs is 1.